The van der Waals surface area contributed by atoms with E-state index in [0.29, 0.717) is 6.54 Å². The maximum absolute atomic E-state index is 8.99. The number of thioether (sulfide) groups is 1. The third kappa shape index (κ3) is 6.35. The lowest BCUT2D eigenvalue weighted by Gasteiger charge is -2.05. The van der Waals surface area contributed by atoms with Gasteiger partial charge in [0.15, 0.2) is 0 Å². The van der Waals surface area contributed by atoms with Crippen LogP contribution in [0.25, 0.3) is 0 Å². The van der Waals surface area contributed by atoms with Gasteiger partial charge in [-0.2, -0.15) is 11.8 Å². The smallest absolute Gasteiger partial charge is 0.0752 e. The van der Waals surface area contributed by atoms with Crippen molar-refractivity contribution in [2.45, 2.75) is 6.10 Å². The Hall–Kier alpha value is 0.230. The molecule has 1 unspecified atom stereocenters. The van der Waals surface area contributed by atoms with Crippen LogP contribution in [0.1, 0.15) is 0 Å². The van der Waals surface area contributed by atoms with Crippen LogP contribution < -0.4 is 11.1 Å². The predicted molar refractivity (Wildman–Crippen MR) is 46.3 cm³/mol. The number of hydrogen-bond donors (Lipinski definition) is 3. The lowest BCUT2D eigenvalue weighted by molar-refractivity contribution is 0.208. The van der Waals surface area contributed by atoms with Gasteiger partial charge >= 0.3 is 0 Å². The van der Waals surface area contributed by atoms with Crippen LogP contribution in [0, 0.1) is 0 Å². The number of aliphatic hydroxyl groups is 1. The first-order valence-corrected chi connectivity index (χ1v) is 4.57. The SMILES string of the molecule is CNCCSCC(O)CN. The molecule has 10 heavy (non-hydrogen) atoms. The zero-order valence-electron chi connectivity index (χ0n) is 6.34. The summed E-state index contributed by atoms with van der Waals surface area (Å²) < 4.78 is 0. The van der Waals surface area contributed by atoms with Crippen LogP contribution in [0.2, 0.25) is 0 Å². The van der Waals surface area contributed by atoms with Crippen LogP contribution in [-0.4, -0.2) is 42.9 Å². The quantitative estimate of drug-likeness (QED) is 0.453. The molecule has 0 spiro atoms. The highest BCUT2D eigenvalue weighted by atomic mass is 32.2. The van der Waals surface area contributed by atoms with Crippen LogP contribution in [-0.2, 0) is 0 Å². The van der Waals surface area contributed by atoms with E-state index in [2.05, 4.69) is 5.32 Å². The normalized spacial score (nSPS) is 13.5. The van der Waals surface area contributed by atoms with E-state index in [1.54, 1.807) is 11.8 Å². The minimum atomic E-state index is -0.332. The topological polar surface area (TPSA) is 58.3 Å². The molecule has 0 heterocycles. The van der Waals surface area contributed by atoms with E-state index in [4.69, 9.17) is 10.8 Å². The third-order valence-electron chi connectivity index (χ3n) is 1.08. The highest BCUT2D eigenvalue weighted by Gasteiger charge is 1.98. The monoisotopic (exact) mass is 164 g/mol. The molecule has 4 N–H and O–H groups in total. The lowest BCUT2D eigenvalue weighted by Crippen LogP contribution is -2.22. The summed E-state index contributed by atoms with van der Waals surface area (Å²) in [6, 6.07) is 0. The molecule has 0 rings (SSSR count). The predicted octanol–water partition coefficient (Wildman–Crippen LogP) is -0.741. The van der Waals surface area contributed by atoms with Gasteiger partial charge in [-0.25, -0.2) is 0 Å². The Bertz CT molecular complexity index is 72.8. The van der Waals surface area contributed by atoms with Crippen LogP contribution in [0.3, 0.4) is 0 Å². The van der Waals surface area contributed by atoms with Crippen molar-refractivity contribution in [3.8, 4) is 0 Å². The van der Waals surface area contributed by atoms with E-state index in [1.807, 2.05) is 7.05 Å². The van der Waals surface area contributed by atoms with Crippen molar-refractivity contribution in [2.24, 2.45) is 5.73 Å². The zero-order valence-corrected chi connectivity index (χ0v) is 7.16. The molecule has 0 aromatic rings. The minimum absolute atomic E-state index is 0.332. The van der Waals surface area contributed by atoms with Crippen molar-refractivity contribution >= 4 is 11.8 Å². The molecule has 0 aromatic heterocycles. The molecule has 0 saturated heterocycles. The number of aliphatic hydroxyl groups excluding tert-OH is 1. The van der Waals surface area contributed by atoms with Gasteiger partial charge < -0.3 is 16.2 Å². The fraction of sp³-hybridized carbons (Fsp3) is 1.00. The summed E-state index contributed by atoms with van der Waals surface area (Å²) in [5.74, 6) is 1.78. The average molecular weight is 164 g/mol. The Kier molecular flexibility index (Phi) is 7.51. The second-order valence-electron chi connectivity index (χ2n) is 2.07. The lowest BCUT2D eigenvalue weighted by atomic mass is 10.4. The molecular formula is C6H16N2OS. The molecule has 0 amide bonds. The summed E-state index contributed by atoms with van der Waals surface area (Å²) in [5, 5.41) is 12.0. The number of nitrogens with one attached hydrogen (secondary N) is 1. The van der Waals surface area contributed by atoms with Crippen molar-refractivity contribution in [1.82, 2.24) is 5.32 Å². The first kappa shape index (κ1) is 10.2. The molecule has 0 aromatic carbocycles. The second kappa shape index (κ2) is 7.34. The first-order valence-electron chi connectivity index (χ1n) is 3.41. The molecule has 0 aliphatic carbocycles. The zero-order chi connectivity index (χ0) is 7.82. The molecule has 4 heteroatoms. The van der Waals surface area contributed by atoms with Gasteiger partial charge in [-0.15, -0.1) is 0 Å². The molecule has 0 aliphatic rings. The van der Waals surface area contributed by atoms with Gasteiger partial charge in [0.1, 0.15) is 0 Å². The molecule has 0 saturated carbocycles. The summed E-state index contributed by atoms with van der Waals surface area (Å²) >= 11 is 1.72. The summed E-state index contributed by atoms with van der Waals surface area (Å²) in [7, 11) is 1.92. The molecule has 3 nitrogen and oxygen atoms in total. The number of hydrogen-bond acceptors (Lipinski definition) is 4. The summed E-state index contributed by atoms with van der Waals surface area (Å²) in [6.45, 7) is 1.36. The van der Waals surface area contributed by atoms with Crippen LogP contribution in [0.5, 0.6) is 0 Å². The van der Waals surface area contributed by atoms with Crippen LogP contribution in [0.15, 0.2) is 0 Å². The van der Waals surface area contributed by atoms with Crippen LogP contribution >= 0.6 is 11.8 Å². The van der Waals surface area contributed by atoms with Gasteiger partial charge in [-0.3, -0.25) is 0 Å². The first-order chi connectivity index (χ1) is 4.81. The van der Waals surface area contributed by atoms with Gasteiger partial charge in [0.2, 0.25) is 0 Å². The van der Waals surface area contributed by atoms with Crippen molar-refractivity contribution in [1.29, 1.82) is 0 Å². The van der Waals surface area contributed by atoms with Gasteiger partial charge in [-0.1, -0.05) is 0 Å². The molecule has 0 bridgehead atoms. The van der Waals surface area contributed by atoms with E-state index in [1.165, 1.54) is 0 Å². The van der Waals surface area contributed by atoms with Crippen molar-refractivity contribution in [3.63, 3.8) is 0 Å². The maximum Gasteiger partial charge on any atom is 0.0752 e. The molecule has 0 aliphatic heterocycles. The van der Waals surface area contributed by atoms with Crippen molar-refractivity contribution < 1.29 is 5.11 Å². The Labute approximate surface area is 66.4 Å². The number of nitrogens with two attached hydrogens (primary N) is 1. The summed E-state index contributed by atoms with van der Waals surface area (Å²) in [6.07, 6.45) is -0.332. The Morgan fingerprint density at radius 3 is 2.90 bits per heavy atom. The van der Waals surface area contributed by atoms with E-state index in [-0.39, 0.29) is 6.10 Å². The van der Waals surface area contributed by atoms with Gasteiger partial charge in [0.25, 0.3) is 0 Å². The Balaban J connectivity index is 2.89. The van der Waals surface area contributed by atoms with E-state index in [9.17, 15) is 0 Å². The highest BCUT2D eigenvalue weighted by molar-refractivity contribution is 7.99. The summed E-state index contributed by atoms with van der Waals surface area (Å²) in [5.41, 5.74) is 5.21. The third-order valence-corrected chi connectivity index (χ3v) is 2.19. The van der Waals surface area contributed by atoms with Gasteiger partial charge in [0, 0.05) is 24.6 Å². The van der Waals surface area contributed by atoms with Crippen LogP contribution in [0.4, 0.5) is 0 Å². The minimum Gasteiger partial charge on any atom is -0.391 e. The number of rotatable bonds is 6. The fourth-order valence-electron chi connectivity index (χ4n) is 0.462. The summed E-state index contributed by atoms with van der Waals surface area (Å²) in [4.78, 5) is 0. The fourth-order valence-corrected chi connectivity index (χ4v) is 1.38. The van der Waals surface area contributed by atoms with E-state index < -0.39 is 0 Å². The Morgan fingerprint density at radius 2 is 2.40 bits per heavy atom. The molecule has 1 atom stereocenters. The Morgan fingerprint density at radius 1 is 1.70 bits per heavy atom. The molecule has 62 valence electrons. The van der Waals surface area contributed by atoms with Crippen molar-refractivity contribution in [3.05, 3.63) is 0 Å². The highest BCUT2D eigenvalue weighted by Crippen LogP contribution is 2.00. The molecular weight excluding hydrogens is 148 g/mol. The maximum atomic E-state index is 8.99. The van der Waals surface area contributed by atoms with E-state index >= 15 is 0 Å². The van der Waals surface area contributed by atoms with Gasteiger partial charge in [-0.05, 0) is 7.05 Å². The average Bonchev–Trinajstić information content (AvgIpc) is 1.98. The molecule has 0 radical (unpaired) electrons. The van der Waals surface area contributed by atoms with Gasteiger partial charge in [0.05, 0.1) is 6.10 Å². The molecule has 0 fully saturated rings. The second-order valence-corrected chi connectivity index (χ2v) is 3.22. The standard InChI is InChI=1S/C6H16N2OS/c1-8-2-3-10-5-6(9)4-7/h6,8-9H,2-5,7H2,1H3. The van der Waals surface area contributed by atoms with Crippen molar-refractivity contribution in [2.75, 3.05) is 31.6 Å². The largest absolute Gasteiger partial charge is 0.391 e. The van der Waals surface area contributed by atoms with E-state index in [0.717, 1.165) is 18.1 Å².